The highest BCUT2D eigenvalue weighted by atomic mass is 32.2. The maximum atomic E-state index is 3.76. The van der Waals surface area contributed by atoms with Gasteiger partial charge in [0, 0.05) is 0 Å². The summed E-state index contributed by atoms with van der Waals surface area (Å²) in [6, 6.07) is 0. The Morgan fingerprint density at radius 3 is 2.71 bits per heavy atom. The van der Waals surface area contributed by atoms with E-state index in [2.05, 4.69) is 19.2 Å². The van der Waals surface area contributed by atoms with Crippen molar-refractivity contribution in [1.29, 1.82) is 0 Å². The van der Waals surface area contributed by atoms with E-state index in [0.717, 1.165) is 11.6 Å². The predicted octanol–water partition coefficient (Wildman–Crippen LogP) is 0.496. The van der Waals surface area contributed by atoms with Gasteiger partial charge in [-0.1, -0.05) is 0 Å². The van der Waals surface area contributed by atoms with Gasteiger partial charge in [0.1, 0.15) is 0 Å². The van der Waals surface area contributed by atoms with Crippen LogP contribution in [0.25, 0.3) is 0 Å². The maximum absolute atomic E-state index is 3.76. The van der Waals surface area contributed by atoms with E-state index in [-0.39, 0.29) is 10.9 Å². The lowest BCUT2D eigenvalue weighted by atomic mass is 10.7. The van der Waals surface area contributed by atoms with Crippen LogP contribution in [0, 0.1) is 0 Å². The first-order valence-electron chi connectivity index (χ1n) is 1.85. The van der Waals surface area contributed by atoms with Crippen LogP contribution in [0.5, 0.6) is 0 Å². The summed E-state index contributed by atoms with van der Waals surface area (Å²) in [5, 5.41) is 7.40. The van der Waals surface area contributed by atoms with Crippen molar-refractivity contribution < 1.29 is 0 Å². The molecule has 5 heteroatoms. The summed E-state index contributed by atoms with van der Waals surface area (Å²) in [7, 11) is -0.181. The summed E-state index contributed by atoms with van der Waals surface area (Å²) in [4.78, 5) is 0. The molecule has 0 aromatic heterocycles. The number of nitrogens with zero attached hydrogens (tertiary/aromatic N) is 4. The van der Waals surface area contributed by atoms with Crippen molar-refractivity contribution in [3.63, 3.8) is 0 Å². The Kier molecular flexibility index (Phi) is 0.477. The monoisotopic (exact) mass is 114 g/mol. The molecule has 0 spiro atoms. The highest BCUT2D eigenvalue weighted by molar-refractivity contribution is 7.87. The number of amidine groups is 1. The van der Waals surface area contributed by atoms with E-state index in [9.17, 15) is 0 Å². The maximum Gasteiger partial charge on any atom is 0.187 e. The van der Waals surface area contributed by atoms with Crippen LogP contribution in [0.1, 0.15) is 0 Å². The van der Waals surface area contributed by atoms with E-state index in [1.165, 1.54) is 0 Å². The molecule has 0 radical (unpaired) electrons. The molecule has 1 atom stereocenters. The molecule has 2 heterocycles. The van der Waals surface area contributed by atoms with E-state index >= 15 is 0 Å². The lowest BCUT2D eigenvalue weighted by molar-refractivity contribution is 1.23. The van der Waals surface area contributed by atoms with Crippen LogP contribution < -0.4 is 0 Å². The van der Waals surface area contributed by atoms with Crippen LogP contribution in [-0.4, -0.2) is 11.6 Å². The Bertz CT molecular complexity index is 170. The first-order chi connectivity index (χ1) is 3.45. The molecule has 0 aliphatic carbocycles. The number of rotatable bonds is 0. The van der Waals surface area contributed by atoms with Crippen molar-refractivity contribution in [1.82, 2.24) is 0 Å². The number of fused-ring (bicyclic) bond motifs is 2. The molecular formula is C2H2N4S. The smallest absolute Gasteiger partial charge is 0.124 e. The number of hydrogen-bond donors (Lipinski definition) is 0. The quantitative estimate of drug-likeness (QED) is 0.440. The average molecular weight is 114 g/mol. The molecule has 0 saturated heterocycles. The molecule has 0 amide bonds. The first-order valence-corrected chi connectivity index (χ1v) is 3.16. The fourth-order valence-electron chi connectivity index (χ4n) is 0.456. The van der Waals surface area contributed by atoms with Gasteiger partial charge >= 0.3 is 0 Å². The second-order valence-corrected chi connectivity index (χ2v) is 2.56. The van der Waals surface area contributed by atoms with Gasteiger partial charge in [0.2, 0.25) is 0 Å². The van der Waals surface area contributed by atoms with Crippen LogP contribution in [0.15, 0.2) is 19.2 Å². The third-order valence-electron chi connectivity index (χ3n) is 0.759. The van der Waals surface area contributed by atoms with Crippen LogP contribution in [-0.2, 0) is 10.9 Å². The minimum atomic E-state index is -0.181. The number of hydrogen-bond acceptors (Lipinski definition) is 4. The van der Waals surface area contributed by atoms with E-state index in [4.69, 9.17) is 0 Å². The summed E-state index contributed by atoms with van der Waals surface area (Å²) in [6.07, 6.45) is 0. The SMILES string of the molecule is C1C2=NN=S1N=N2. The van der Waals surface area contributed by atoms with Crippen molar-refractivity contribution in [3.05, 3.63) is 0 Å². The van der Waals surface area contributed by atoms with Crippen LogP contribution >= 0.6 is 0 Å². The second kappa shape index (κ2) is 0.975. The molecular weight excluding hydrogens is 112 g/mol. The predicted molar refractivity (Wildman–Crippen MR) is 27.0 cm³/mol. The molecule has 2 aliphatic rings. The van der Waals surface area contributed by atoms with Crippen molar-refractivity contribution >= 4 is 16.7 Å². The van der Waals surface area contributed by atoms with Crippen molar-refractivity contribution in [2.75, 3.05) is 5.75 Å². The molecule has 0 N–H and O–H groups in total. The van der Waals surface area contributed by atoms with Crippen molar-refractivity contribution in [3.8, 4) is 0 Å². The molecule has 2 rings (SSSR count). The summed E-state index contributed by atoms with van der Waals surface area (Å²) >= 11 is 0. The van der Waals surface area contributed by atoms with Gasteiger partial charge in [-0.15, -0.1) is 19.2 Å². The second-order valence-electron chi connectivity index (χ2n) is 1.26. The molecule has 2 bridgehead atoms. The zero-order chi connectivity index (χ0) is 4.69. The van der Waals surface area contributed by atoms with Gasteiger partial charge in [0.15, 0.2) is 5.84 Å². The van der Waals surface area contributed by atoms with E-state index in [0.29, 0.717) is 0 Å². The Hall–Kier alpha value is -0.580. The lowest BCUT2D eigenvalue weighted by Crippen LogP contribution is -1.89. The third kappa shape index (κ3) is 0.352. The van der Waals surface area contributed by atoms with Gasteiger partial charge in [-0.05, 0) is 0 Å². The molecule has 0 saturated carbocycles. The van der Waals surface area contributed by atoms with Gasteiger partial charge < -0.3 is 0 Å². The normalized spacial score (nSPS) is 33.1. The van der Waals surface area contributed by atoms with Gasteiger partial charge in [-0.3, -0.25) is 0 Å². The van der Waals surface area contributed by atoms with Crippen LogP contribution in [0.3, 0.4) is 0 Å². The van der Waals surface area contributed by atoms with Gasteiger partial charge in [0.05, 0.1) is 16.6 Å². The molecule has 0 aromatic rings. The lowest BCUT2D eigenvalue weighted by Gasteiger charge is -1.75. The van der Waals surface area contributed by atoms with Gasteiger partial charge in [0.25, 0.3) is 0 Å². The van der Waals surface area contributed by atoms with Gasteiger partial charge in [-0.2, -0.15) is 0 Å². The van der Waals surface area contributed by atoms with Crippen molar-refractivity contribution in [2.45, 2.75) is 0 Å². The summed E-state index contributed by atoms with van der Waals surface area (Å²) in [5.41, 5.74) is 0. The molecule has 7 heavy (non-hydrogen) atoms. The summed E-state index contributed by atoms with van der Waals surface area (Å²) in [6.45, 7) is 0. The van der Waals surface area contributed by atoms with Gasteiger partial charge in [-0.25, -0.2) is 0 Å². The molecule has 2 aliphatic heterocycles. The average Bonchev–Trinajstić information content (AvgIpc) is 2.22. The highest BCUT2D eigenvalue weighted by Gasteiger charge is 2.15. The largest absolute Gasteiger partial charge is 0.187 e. The molecule has 4 nitrogen and oxygen atoms in total. The molecule has 36 valence electrons. The van der Waals surface area contributed by atoms with Crippen LogP contribution in [0.4, 0.5) is 0 Å². The Morgan fingerprint density at radius 2 is 2.57 bits per heavy atom. The zero-order valence-corrected chi connectivity index (χ0v) is 4.22. The first kappa shape index (κ1) is 3.43. The zero-order valence-electron chi connectivity index (χ0n) is 3.40. The fraction of sp³-hybridized carbons (Fsp3) is 0.500. The van der Waals surface area contributed by atoms with E-state index in [1.54, 1.807) is 0 Å². The van der Waals surface area contributed by atoms with E-state index in [1.807, 2.05) is 0 Å². The summed E-state index contributed by atoms with van der Waals surface area (Å²) < 4.78 is 7.52. The van der Waals surface area contributed by atoms with E-state index < -0.39 is 0 Å². The minimum absolute atomic E-state index is 0.181. The Balaban J connectivity index is 2.65. The third-order valence-corrected chi connectivity index (χ3v) is 1.82. The summed E-state index contributed by atoms with van der Waals surface area (Å²) in [5.74, 6) is 1.66. The topological polar surface area (TPSA) is 49.4 Å². The van der Waals surface area contributed by atoms with Crippen LogP contribution in [0.2, 0.25) is 0 Å². The molecule has 1 unspecified atom stereocenters. The standard InChI is InChI=1S/C2H2N4S/c1-2-3-5-7(1)6-4-2/h1H2. The Morgan fingerprint density at radius 1 is 1.57 bits per heavy atom. The van der Waals surface area contributed by atoms with Crippen molar-refractivity contribution in [2.24, 2.45) is 19.2 Å². The minimum Gasteiger partial charge on any atom is -0.124 e. The highest BCUT2D eigenvalue weighted by Crippen LogP contribution is 2.11. The molecule has 0 aromatic carbocycles. The fourth-order valence-corrected chi connectivity index (χ4v) is 1.33. The molecule has 0 fully saturated rings. The Labute approximate surface area is 42.6 Å².